The second-order valence-electron chi connectivity index (χ2n) is 1.27. The lowest BCUT2D eigenvalue weighted by molar-refractivity contribution is 1.44. The van der Waals surface area contributed by atoms with Gasteiger partial charge in [-0.25, -0.2) is 0 Å². The van der Waals surface area contributed by atoms with Crippen LogP contribution in [0.1, 0.15) is 0 Å². The Kier molecular flexibility index (Phi) is 4.25. The molecule has 0 saturated heterocycles. The van der Waals surface area contributed by atoms with Crippen molar-refractivity contribution in [3.05, 3.63) is 0 Å². The maximum Gasteiger partial charge on any atom is 0.0287 e. The molecule has 0 fully saturated rings. The Balaban J connectivity index is 3.18. The summed E-state index contributed by atoms with van der Waals surface area (Å²) < 4.78 is 13.7. The van der Waals surface area contributed by atoms with Crippen molar-refractivity contribution in [1.82, 2.24) is 0 Å². The molecular weight excluding hydrogens is 144 g/mol. The minimum atomic E-state index is -0.779. The van der Waals surface area contributed by atoms with E-state index in [2.05, 4.69) is 0 Å². The molecule has 0 amide bonds. The van der Waals surface area contributed by atoms with Crippen LogP contribution in [0, 0.1) is 9.56 Å². The van der Waals surface area contributed by atoms with E-state index in [0.29, 0.717) is 11.5 Å². The number of nitrogens with one attached hydrogen (secondary N) is 2. The molecule has 4 nitrogen and oxygen atoms in total. The zero-order valence-electron chi connectivity index (χ0n) is 4.39. The minimum Gasteiger partial charge on any atom is -0.269 e. The average molecular weight is 154 g/mol. The average Bonchev–Trinajstić information content (AvgIpc) is 1.61. The molecule has 50 valence electrons. The van der Waals surface area contributed by atoms with Gasteiger partial charge in [-0.1, -0.05) is 0 Å². The second kappa shape index (κ2) is 4.13. The van der Waals surface area contributed by atoms with Gasteiger partial charge in [0.2, 0.25) is 0 Å². The highest BCUT2D eigenvalue weighted by molar-refractivity contribution is 7.87. The van der Waals surface area contributed by atoms with Crippen molar-refractivity contribution < 1.29 is 0 Å². The third-order valence-corrected chi connectivity index (χ3v) is 2.07. The Hall–Kier alpha value is 0.220. The van der Waals surface area contributed by atoms with E-state index >= 15 is 0 Å². The van der Waals surface area contributed by atoms with E-state index in [4.69, 9.17) is 19.8 Å². The zero-order valence-corrected chi connectivity index (χ0v) is 6.02. The van der Waals surface area contributed by atoms with Gasteiger partial charge in [-0.15, -0.1) is 0 Å². The van der Waals surface area contributed by atoms with Crippen molar-refractivity contribution >= 4 is 21.8 Å². The van der Waals surface area contributed by atoms with Crippen LogP contribution < -0.4 is 10.3 Å². The lowest BCUT2D eigenvalue weighted by Gasteiger charge is -1.95. The topological polar surface area (TPSA) is 99.7 Å². The minimum absolute atomic E-state index is 0.559. The first-order valence-electron chi connectivity index (χ1n) is 1.96. The second-order valence-corrected chi connectivity index (χ2v) is 3.80. The Bertz CT molecular complexity index is 96.6. The van der Waals surface area contributed by atoms with Gasteiger partial charge in [0.05, 0.1) is 0 Å². The van der Waals surface area contributed by atoms with Crippen LogP contribution in [0.4, 0.5) is 0 Å². The van der Waals surface area contributed by atoms with E-state index in [1.807, 2.05) is 0 Å². The smallest absolute Gasteiger partial charge is 0.0287 e. The molecule has 0 aliphatic heterocycles. The van der Waals surface area contributed by atoms with Gasteiger partial charge in [-0.2, -0.15) is 0 Å². The van der Waals surface area contributed by atoms with Gasteiger partial charge in [0.25, 0.3) is 0 Å². The number of rotatable bonds is 3. The van der Waals surface area contributed by atoms with Crippen LogP contribution in [0.2, 0.25) is 0 Å². The van der Waals surface area contributed by atoms with Crippen molar-refractivity contribution in [3.8, 4) is 0 Å². The Morgan fingerprint density at radius 1 is 1.00 bits per heavy atom. The van der Waals surface area contributed by atoms with Crippen LogP contribution in [0.15, 0.2) is 0 Å². The molecule has 0 spiro atoms. The van der Waals surface area contributed by atoms with Crippen LogP contribution in [-0.2, 0) is 21.8 Å². The van der Waals surface area contributed by atoms with Crippen LogP contribution in [0.25, 0.3) is 0 Å². The summed E-state index contributed by atoms with van der Waals surface area (Å²) in [6.07, 6.45) is 0. The fourth-order valence-electron chi connectivity index (χ4n) is 0.180. The highest BCUT2D eigenvalue weighted by atomic mass is 32.2. The van der Waals surface area contributed by atoms with Crippen LogP contribution in [0.5, 0.6) is 0 Å². The summed E-state index contributed by atoms with van der Waals surface area (Å²) in [4.78, 5) is 0. The van der Waals surface area contributed by atoms with Gasteiger partial charge in [0, 0.05) is 11.5 Å². The molecule has 6 heteroatoms. The van der Waals surface area contributed by atoms with Crippen molar-refractivity contribution in [1.29, 1.82) is 9.56 Å². The summed E-state index contributed by atoms with van der Waals surface area (Å²) >= 11 is 0. The Morgan fingerprint density at radius 2 is 1.25 bits per heavy atom. The van der Waals surface area contributed by atoms with Crippen LogP contribution in [0.3, 0.4) is 0 Å². The van der Waals surface area contributed by atoms with E-state index in [1.165, 1.54) is 0 Å². The molecular formula is C2H10N4S2. The summed E-state index contributed by atoms with van der Waals surface area (Å²) in [5.41, 5.74) is 0. The fraction of sp³-hybridized carbons (Fsp3) is 1.00. The first-order chi connectivity index (χ1) is 3.63. The van der Waals surface area contributed by atoms with Crippen molar-refractivity contribution in [3.63, 3.8) is 0 Å². The van der Waals surface area contributed by atoms with Crippen molar-refractivity contribution in [2.75, 3.05) is 11.5 Å². The predicted molar refractivity (Wildman–Crippen MR) is 38.3 cm³/mol. The summed E-state index contributed by atoms with van der Waals surface area (Å²) in [6, 6.07) is 0. The molecule has 0 aromatic heterocycles. The van der Waals surface area contributed by atoms with Crippen molar-refractivity contribution in [2.45, 2.75) is 0 Å². The molecule has 2 atom stereocenters. The summed E-state index contributed by atoms with van der Waals surface area (Å²) in [5.74, 6) is 1.12. The van der Waals surface area contributed by atoms with Gasteiger partial charge in [0.1, 0.15) is 0 Å². The Labute approximate surface area is 53.7 Å². The fourth-order valence-corrected chi connectivity index (χ4v) is 1.62. The maximum absolute atomic E-state index is 6.84. The quantitative estimate of drug-likeness (QED) is 0.440. The molecule has 0 rings (SSSR count). The number of hydrogen-bond donors (Lipinski definition) is 4. The third kappa shape index (κ3) is 6.22. The van der Waals surface area contributed by atoms with E-state index in [1.54, 1.807) is 0 Å². The van der Waals surface area contributed by atoms with Gasteiger partial charge >= 0.3 is 0 Å². The van der Waals surface area contributed by atoms with E-state index in [0.717, 1.165) is 0 Å². The highest BCUT2D eigenvalue weighted by Crippen LogP contribution is 1.74. The predicted octanol–water partition coefficient (Wildman–Crippen LogP) is -0.505. The number of hydrogen-bond acceptors (Lipinski definition) is 2. The van der Waals surface area contributed by atoms with Crippen LogP contribution >= 0.6 is 0 Å². The van der Waals surface area contributed by atoms with Gasteiger partial charge in [-0.3, -0.25) is 19.8 Å². The molecule has 0 heterocycles. The monoisotopic (exact) mass is 154 g/mol. The SMILES string of the molecule is N=[S@@](N)CC[S@@](=N)N. The summed E-state index contributed by atoms with van der Waals surface area (Å²) in [5, 5.41) is 10.2. The van der Waals surface area contributed by atoms with E-state index < -0.39 is 21.8 Å². The first kappa shape index (κ1) is 8.22. The molecule has 0 bridgehead atoms. The molecule has 0 aliphatic rings. The maximum atomic E-state index is 6.84. The molecule has 8 heavy (non-hydrogen) atoms. The van der Waals surface area contributed by atoms with E-state index in [-0.39, 0.29) is 0 Å². The number of nitrogens with two attached hydrogens (primary N) is 2. The standard InChI is InChI=1S/C2H10N4S2/c3-7(4)1-2-8(5)6/h1-2H2,(H3,3,4)(H3,5,6). The van der Waals surface area contributed by atoms with Crippen molar-refractivity contribution in [2.24, 2.45) is 10.3 Å². The lowest BCUT2D eigenvalue weighted by atomic mass is 11.0. The molecule has 0 radical (unpaired) electrons. The molecule has 0 unspecified atom stereocenters. The van der Waals surface area contributed by atoms with Gasteiger partial charge in [0.15, 0.2) is 0 Å². The molecule has 0 aliphatic carbocycles. The van der Waals surface area contributed by atoms with Gasteiger partial charge in [-0.05, 0) is 21.8 Å². The molecule has 0 aromatic carbocycles. The van der Waals surface area contributed by atoms with E-state index in [9.17, 15) is 0 Å². The first-order valence-corrected chi connectivity index (χ1v) is 4.87. The van der Waals surface area contributed by atoms with Gasteiger partial charge < -0.3 is 0 Å². The zero-order chi connectivity index (χ0) is 6.57. The molecule has 0 saturated carbocycles. The lowest BCUT2D eigenvalue weighted by Crippen LogP contribution is -2.15. The Morgan fingerprint density at radius 3 is 1.38 bits per heavy atom. The largest absolute Gasteiger partial charge is 0.269 e. The molecule has 0 aromatic rings. The highest BCUT2D eigenvalue weighted by Gasteiger charge is 1.87. The van der Waals surface area contributed by atoms with Crippen LogP contribution in [-0.4, -0.2) is 11.5 Å². The normalized spacial score (nSPS) is 17.8. The third-order valence-electron chi connectivity index (χ3n) is 0.523. The summed E-state index contributed by atoms with van der Waals surface area (Å²) in [7, 11) is -1.56. The summed E-state index contributed by atoms with van der Waals surface area (Å²) in [6.45, 7) is 0. The molecule has 6 N–H and O–H groups in total.